The van der Waals surface area contributed by atoms with Gasteiger partial charge in [0.1, 0.15) is 5.82 Å². The molecule has 1 amide bonds. The summed E-state index contributed by atoms with van der Waals surface area (Å²) in [5.41, 5.74) is 1.26. The maximum atomic E-state index is 13.6. The largest absolute Gasteiger partial charge is 0.350 e. The number of amides is 1. The molecule has 0 aliphatic heterocycles. The van der Waals surface area contributed by atoms with Gasteiger partial charge in [0, 0.05) is 12.6 Å². The van der Waals surface area contributed by atoms with Crippen molar-refractivity contribution in [1.82, 2.24) is 10.2 Å². The first-order valence-electron chi connectivity index (χ1n) is 7.51. The van der Waals surface area contributed by atoms with Gasteiger partial charge in [0.05, 0.1) is 15.6 Å². The van der Waals surface area contributed by atoms with E-state index >= 15 is 0 Å². The van der Waals surface area contributed by atoms with Crippen LogP contribution in [0.25, 0.3) is 0 Å². The highest BCUT2D eigenvalue weighted by atomic mass is 35.5. The number of rotatable bonds is 6. The smallest absolute Gasteiger partial charge is 0.252 e. The van der Waals surface area contributed by atoms with Crippen LogP contribution in [-0.4, -0.2) is 37.5 Å². The van der Waals surface area contributed by atoms with Crippen molar-refractivity contribution in [3.63, 3.8) is 0 Å². The number of likely N-dealkylation sites (N-methyl/N-ethyl adjacent to an activating group) is 1. The molecule has 2 rings (SSSR count). The van der Waals surface area contributed by atoms with Crippen LogP contribution in [0.1, 0.15) is 15.9 Å². The molecule has 0 fully saturated rings. The highest BCUT2D eigenvalue weighted by molar-refractivity contribution is 6.36. The number of nitrogens with zero attached hydrogens (tertiary/aromatic N) is 1. The van der Waals surface area contributed by atoms with Gasteiger partial charge in [0.25, 0.3) is 5.91 Å². The standard InChI is InChI=1S/C18H19Cl2FN2O/c1-23(2)13(8-12-6-4-3-5-7-12)11-22-18(24)14-9-17(21)16(20)10-15(14)19/h3-7,9-10,13H,8,11H2,1-2H3,(H,22,24). The molecular weight excluding hydrogens is 350 g/mol. The first kappa shape index (κ1) is 18.7. The number of hydrogen-bond acceptors (Lipinski definition) is 2. The van der Waals surface area contributed by atoms with Crippen LogP contribution in [0, 0.1) is 5.82 Å². The average Bonchev–Trinajstić information content (AvgIpc) is 2.55. The quantitative estimate of drug-likeness (QED) is 0.780. The summed E-state index contributed by atoms with van der Waals surface area (Å²) < 4.78 is 13.6. The van der Waals surface area contributed by atoms with Gasteiger partial charge in [0.2, 0.25) is 0 Å². The van der Waals surface area contributed by atoms with Crippen LogP contribution in [0.4, 0.5) is 4.39 Å². The van der Waals surface area contributed by atoms with E-state index in [1.54, 1.807) is 0 Å². The number of benzene rings is 2. The minimum atomic E-state index is -0.667. The Bertz CT molecular complexity index is 708. The maximum absolute atomic E-state index is 13.6. The van der Waals surface area contributed by atoms with Crippen molar-refractivity contribution in [3.05, 3.63) is 69.5 Å². The lowest BCUT2D eigenvalue weighted by atomic mass is 10.0. The van der Waals surface area contributed by atoms with E-state index in [1.807, 2.05) is 49.3 Å². The van der Waals surface area contributed by atoms with Crippen molar-refractivity contribution in [2.45, 2.75) is 12.5 Å². The molecule has 0 bridgehead atoms. The zero-order chi connectivity index (χ0) is 17.7. The Hall–Kier alpha value is -1.62. The summed E-state index contributed by atoms with van der Waals surface area (Å²) in [6, 6.07) is 12.4. The summed E-state index contributed by atoms with van der Waals surface area (Å²) >= 11 is 11.6. The number of halogens is 3. The fourth-order valence-corrected chi connectivity index (χ4v) is 2.79. The lowest BCUT2D eigenvalue weighted by Crippen LogP contribution is -2.41. The third kappa shape index (κ3) is 4.94. The zero-order valence-electron chi connectivity index (χ0n) is 13.5. The molecule has 1 unspecified atom stereocenters. The van der Waals surface area contributed by atoms with Gasteiger partial charge in [-0.25, -0.2) is 4.39 Å². The summed E-state index contributed by atoms with van der Waals surface area (Å²) in [5.74, 6) is -1.09. The van der Waals surface area contributed by atoms with Gasteiger partial charge in [0.15, 0.2) is 0 Å². The van der Waals surface area contributed by atoms with Gasteiger partial charge in [-0.3, -0.25) is 4.79 Å². The molecule has 0 aliphatic carbocycles. The molecule has 6 heteroatoms. The fraction of sp³-hybridized carbons (Fsp3) is 0.278. The molecule has 24 heavy (non-hydrogen) atoms. The second-order valence-electron chi connectivity index (χ2n) is 5.76. The van der Waals surface area contributed by atoms with Crippen molar-refractivity contribution in [3.8, 4) is 0 Å². The number of nitrogens with one attached hydrogen (secondary N) is 1. The molecule has 0 heterocycles. The van der Waals surface area contributed by atoms with E-state index in [1.165, 1.54) is 11.6 Å². The van der Waals surface area contributed by atoms with Gasteiger partial charge in [-0.2, -0.15) is 0 Å². The summed E-state index contributed by atoms with van der Waals surface area (Å²) in [5, 5.41) is 2.84. The number of carbonyl (C=O) groups is 1. The van der Waals surface area contributed by atoms with Crippen LogP contribution in [-0.2, 0) is 6.42 Å². The molecule has 3 nitrogen and oxygen atoms in total. The van der Waals surface area contributed by atoms with E-state index in [9.17, 15) is 9.18 Å². The third-order valence-corrected chi connectivity index (χ3v) is 4.40. The number of hydrogen-bond donors (Lipinski definition) is 1. The van der Waals surface area contributed by atoms with E-state index in [-0.39, 0.29) is 21.7 Å². The second-order valence-corrected chi connectivity index (χ2v) is 6.58. The molecule has 2 aromatic rings. The minimum Gasteiger partial charge on any atom is -0.350 e. The molecule has 1 N–H and O–H groups in total. The zero-order valence-corrected chi connectivity index (χ0v) is 15.0. The summed E-state index contributed by atoms with van der Waals surface area (Å²) in [6.07, 6.45) is 0.789. The van der Waals surface area contributed by atoms with Crippen molar-refractivity contribution >= 4 is 29.1 Å². The molecule has 0 saturated heterocycles. The molecule has 0 aromatic heterocycles. The lowest BCUT2D eigenvalue weighted by Gasteiger charge is -2.25. The van der Waals surface area contributed by atoms with Gasteiger partial charge in [-0.05, 0) is 38.2 Å². The van der Waals surface area contributed by atoms with E-state index in [2.05, 4.69) is 5.32 Å². The number of carbonyl (C=O) groups excluding carboxylic acids is 1. The molecule has 0 spiro atoms. The van der Waals surface area contributed by atoms with E-state index < -0.39 is 11.7 Å². The molecule has 2 aromatic carbocycles. The summed E-state index contributed by atoms with van der Waals surface area (Å²) in [6.45, 7) is 0.418. The monoisotopic (exact) mass is 368 g/mol. The van der Waals surface area contributed by atoms with Crippen molar-refractivity contribution in [2.75, 3.05) is 20.6 Å². The van der Waals surface area contributed by atoms with Crippen LogP contribution in [0.5, 0.6) is 0 Å². The van der Waals surface area contributed by atoms with Crippen LogP contribution < -0.4 is 5.32 Å². The fourth-order valence-electron chi connectivity index (χ4n) is 2.33. The van der Waals surface area contributed by atoms with Crippen molar-refractivity contribution in [2.24, 2.45) is 0 Å². The summed E-state index contributed by atoms with van der Waals surface area (Å²) in [4.78, 5) is 14.3. The van der Waals surface area contributed by atoms with E-state index in [0.717, 1.165) is 12.5 Å². The normalized spacial score (nSPS) is 12.2. The molecule has 1 atom stereocenters. The van der Waals surface area contributed by atoms with Gasteiger partial charge in [-0.15, -0.1) is 0 Å². The first-order valence-corrected chi connectivity index (χ1v) is 8.27. The minimum absolute atomic E-state index is 0.0794. The first-order chi connectivity index (χ1) is 11.4. The van der Waals surface area contributed by atoms with E-state index in [0.29, 0.717) is 6.54 Å². The predicted molar refractivity (Wildman–Crippen MR) is 96.4 cm³/mol. The molecule has 0 saturated carbocycles. The van der Waals surface area contributed by atoms with Crippen molar-refractivity contribution in [1.29, 1.82) is 0 Å². The van der Waals surface area contributed by atoms with Crippen LogP contribution in [0.3, 0.4) is 0 Å². The van der Waals surface area contributed by atoms with Crippen LogP contribution in [0.2, 0.25) is 10.0 Å². The Morgan fingerprint density at radius 2 is 1.83 bits per heavy atom. The highest BCUT2D eigenvalue weighted by Gasteiger charge is 2.17. The Kier molecular flexibility index (Phi) is 6.60. The third-order valence-electron chi connectivity index (χ3n) is 3.80. The Morgan fingerprint density at radius 1 is 1.17 bits per heavy atom. The molecular formula is C18H19Cl2FN2O. The maximum Gasteiger partial charge on any atom is 0.252 e. The van der Waals surface area contributed by atoms with Crippen molar-refractivity contribution < 1.29 is 9.18 Å². The van der Waals surface area contributed by atoms with Gasteiger partial charge < -0.3 is 10.2 Å². The second kappa shape index (κ2) is 8.47. The average molecular weight is 369 g/mol. The SMILES string of the molecule is CN(C)C(CNC(=O)c1cc(F)c(Cl)cc1Cl)Cc1ccccc1. The Balaban J connectivity index is 2.04. The Labute approximate surface area is 151 Å². The summed E-state index contributed by atoms with van der Waals surface area (Å²) in [7, 11) is 3.91. The van der Waals surface area contributed by atoms with Gasteiger partial charge >= 0.3 is 0 Å². The highest BCUT2D eigenvalue weighted by Crippen LogP contribution is 2.24. The molecule has 0 aliphatic rings. The van der Waals surface area contributed by atoms with Crippen LogP contribution >= 0.6 is 23.2 Å². The Morgan fingerprint density at radius 3 is 2.46 bits per heavy atom. The van der Waals surface area contributed by atoms with E-state index in [4.69, 9.17) is 23.2 Å². The van der Waals surface area contributed by atoms with Gasteiger partial charge in [-0.1, -0.05) is 53.5 Å². The topological polar surface area (TPSA) is 32.3 Å². The molecule has 128 valence electrons. The van der Waals surface area contributed by atoms with Crippen LogP contribution in [0.15, 0.2) is 42.5 Å². The predicted octanol–water partition coefficient (Wildman–Crippen LogP) is 4.04. The lowest BCUT2D eigenvalue weighted by molar-refractivity contribution is 0.0941. The molecule has 0 radical (unpaired) electrons.